The summed E-state index contributed by atoms with van der Waals surface area (Å²) in [7, 11) is 15.7. The molecule has 1 fully saturated rings. The van der Waals surface area contributed by atoms with E-state index in [0.29, 0.717) is 5.71 Å². The second kappa shape index (κ2) is 7.11. The van der Waals surface area contributed by atoms with Crippen molar-refractivity contribution >= 4 is 35.1 Å². The van der Waals surface area contributed by atoms with Crippen molar-refractivity contribution < 1.29 is 18.7 Å². The fourth-order valence-electron chi connectivity index (χ4n) is 2.48. The average Bonchev–Trinajstić information content (AvgIpc) is 2.54. The third-order valence-electron chi connectivity index (χ3n) is 3.76. The number of aliphatic hydroxyl groups excluding tert-OH is 1. The van der Waals surface area contributed by atoms with Crippen LogP contribution in [0.3, 0.4) is 0 Å². The molecule has 126 valence electrons. The van der Waals surface area contributed by atoms with Crippen LogP contribution in [-0.4, -0.2) is 57.7 Å². The second-order valence-electron chi connectivity index (χ2n) is 5.92. The third-order valence-corrected chi connectivity index (χ3v) is 3.76. The summed E-state index contributed by atoms with van der Waals surface area (Å²) in [5.74, 6) is -1.11. The highest BCUT2D eigenvalue weighted by molar-refractivity contribution is 6.58. The largest absolute Gasteiger partial charge is 0.419 e. The molecule has 26 heavy (non-hydrogen) atoms. The Morgan fingerprint density at radius 2 is 2.00 bits per heavy atom. The van der Waals surface area contributed by atoms with Crippen LogP contribution in [0, 0.1) is 11.6 Å². The van der Waals surface area contributed by atoms with Crippen LogP contribution in [0.15, 0.2) is 35.6 Å². The third kappa shape index (κ3) is 3.90. The average molecular weight is 349 g/mol. The van der Waals surface area contributed by atoms with Crippen LogP contribution in [0.5, 0.6) is 0 Å². The fraction of sp³-hybridized carbons (Fsp3) is 0.250. The summed E-state index contributed by atoms with van der Waals surface area (Å²) < 4.78 is 28.7. The lowest BCUT2D eigenvalue weighted by molar-refractivity contribution is 0.137. The van der Waals surface area contributed by atoms with E-state index in [1.165, 1.54) is 24.4 Å². The molecule has 0 atom stereocenters. The molecule has 1 saturated heterocycles. The first-order valence-electron chi connectivity index (χ1n) is 7.68. The zero-order valence-corrected chi connectivity index (χ0v) is 13.7. The zero-order chi connectivity index (χ0) is 18.9. The number of rotatable bonds is 5. The van der Waals surface area contributed by atoms with E-state index in [0.717, 1.165) is 0 Å². The van der Waals surface area contributed by atoms with Gasteiger partial charge in [-0.1, -0.05) is 23.4 Å². The van der Waals surface area contributed by atoms with Crippen molar-refractivity contribution in [2.45, 2.75) is 11.9 Å². The van der Waals surface area contributed by atoms with Gasteiger partial charge >= 0.3 is 0 Å². The van der Waals surface area contributed by atoms with Crippen molar-refractivity contribution in [3.8, 4) is 11.1 Å². The highest BCUT2D eigenvalue weighted by atomic mass is 19.1. The van der Waals surface area contributed by atoms with Crippen LogP contribution in [0.1, 0.15) is 5.56 Å². The molecule has 2 aromatic rings. The zero-order valence-electron chi connectivity index (χ0n) is 13.7. The van der Waals surface area contributed by atoms with Gasteiger partial charge < -0.3 is 14.8 Å². The Labute approximate surface area is 153 Å². The van der Waals surface area contributed by atoms with Gasteiger partial charge in [0.2, 0.25) is 0 Å². The van der Waals surface area contributed by atoms with E-state index >= 15 is 0 Å². The number of halogens is 2. The Hall–Kier alpha value is -2.35. The van der Waals surface area contributed by atoms with E-state index in [-0.39, 0.29) is 35.6 Å². The SMILES string of the molecule is [B]C([B])([B])ON=C1CN(c2ncc(-c3cccc(CO)c3F)cc2F)C1. The predicted molar refractivity (Wildman–Crippen MR) is 96.2 cm³/mol. The molecular weight excluding hydrogens is 337 g/mol. The number of pyridine rings is 1. The molecule has 1 aliphatic heterocycles. The molecule has 0 spiro atoms. The Bertz CT molecular complexity index is 851. The van der Waals surface area contributed by atoms with Crippen LogP contribution >= 0.6 is 0 Å². The first-order chi connectivity index (χ1) is 12.3. The maximum Gasteiger partial charge on any atom is 0.166 e. The minimum Gasteiger partial charge on any atom is -0.419 e. The standard InChI is InChI=1S/C16H12B3F2N3O2/c17-16(18,19)26-23-11-6-24(7-11)15-13(20)4-10(5-22-15)12-3-1-2-9(8-25)14(12)21/h1-5,25H,6-8H2. The molecule has 0 saturated carbocycles. The van der Waals surface area contributed by atoms with Crippen LogP contribution in [0.2, 0.25) is 0 Å². The molecule has 0 amide bonds. The molecule has 0 unspecified atom stereocenters. The number of aliphatic hydroxyl groups is 1. The fourth-order valence-corrected chi connectivity index (χ4v) is 2.48. The van der Waals surface area contributed by atoms with E-state index in [1.54, 1.807) is 11.0 Å². The lowest BCUT2D eigenvalue weighted by Gasteiger charge is -2.34. The van der Waals surface area contributed by atoms with Gasteiger partial charge in [-0.05, 0) is 6.07 Å². The van der Waals surface area contributed by atoms with E-state index in [9.17, 15) is 8.78 Å². The van der Waals surface area contributed by atoms with E-state index in [2.05, 4.69) is 15.0 Å². The lowest BCUT2D eigenvalue weighted by atomic mass is 9.52. The van der Waals surface area contributed by atoms with Gasteiger partial charge in [-0.3, -0.25) is 0 Å². The quantitative estimate of drug-likeness (QED) is 0.642. The second-order valence-corrected chi connectivity index (χ2v) is 5.92. The molecular formula is C16H12B3F2N3O2. The van der Waals surface area contributed by atoms with E-state index in [4.69, 9.17) is 28.6 Å². The van der Waals surface area contributed by atoms with E-state index < -0.39 is 23.5 Å². The summed E-state index contributed by atoms with van der Waals surface area (Å²) in [6.45, 7) is 0.0999. The predicted octanol–water partition coefficient (Wildman–Crippen LogP) is 0.828. The molecule has 1 aliphatic rings. The molecule has 2 heterocycles. The summed E-state index contributed by atoms with van der Waals surface area (Å²) in [5.41, 5.74) is 1.14. The van der Waals surface area contributed by atoms with Crippen LogP contribution in [-0.2, 0) is 11.4 Å². The number of oxime groups is 1. The molecule has 0 aliphatic carbocycles. The normalized spacial score (nSPS) is 14.1. The minimum atomic E-state index is -1.87. The number of hydrogen-bond acceptors (Lipinski definition) is 5. The molecule has 3 rings (SSSR count). The Morgan fingerprint density at radius 3 is 2.62 bits per heavy atom. The topological polar surface area (TPSA) is 58.0 Å². The van der Waals surface area contributed by atoms with Gasteiger partial charge in [0, 0.05) is 28.2 Å². The van der Waals surface area contributed by atoms with Gasteiger partial charge in [0.15, 0.2) is 11.6 Å². The summed E-state index contributed by atoms with van der Waals surface area (Å²) in [5, 5.41) is 10.9. The smallest absolute Gasteiger partial charge is 0.166 e. The molecule has 10 heteroatoms. The minimum absolute atomic E-state index is 0.103. The van der Waals surface area contributed by atoms with Crippen molar-refractivity contribution in [3.05, 3.63) is 47.7 Å². The van der Waals surface area contributed by atoms with Crippen molar-refractivity contribution in [1.29, 1.82) is 0 Å². The number of benzene rings is 1. The van der Waals surface area contributed by atoms with Gasteiger partial charge in [0.1, 0.15) is 29.4 Å². The summed E-state index contributed by atoms with van der Waals surface area (Å²) in [6.07, 6.45) is 1.37. The highest BCUT2D eigenvalue weighted by Gasteiger charge is 2.27. The number of aromatic nitrogens is 1. The highest BCUT2D eigenvalue weighted by Crippen LogP contribution is 2.29. The summed E-state index contributed by atoms with van der Waals surface area (Å²) in [4.78, 5) is 10.4. The Balaban J connectivity index is 1.76. The molecule has 1 N–H and O–H groups in total. The van der Waals surface area contributed by atoms with Gasteiger partial charge in [-0.2, -0.15) is 0 Å². The number of hydrogen-bond donors (Lipinski definition) is 1. The monoisotopic (exact) mass is 349 g/mol. The molecule has 5 nitrogen and oxygen atoms in total. The maximum absolute atomic E-state index is 14.4. The molecule has 0 bridgehead atoms. The van der Waals surface area contributed by atoms with Crippen LogP contribution < -0.4 is 4.90 Å². The number of nitrogens with zero attached hydrogens (tertiary/aromatic N) is 3. The van der Waals surface area contributed by atoms with Crippen molar-refractivity contribution in [3.63, 3.8) is 0 Å². The van der Waals surface area contributed by atoms with Gasteiger partial charge in [0.25, 0.3) is 0 Å². The maximum atomic E-state index is 14.4. The first-order valence-corrected chi connectivity index (χ1v) is 7.68. The lowest BCUT2D eigenvalue weighted by Crippen LogP contribution is -2.49. The van der Waals surface area contributed by atoms with Crippen LogP contribution in [0.25, 0.3) is 11.1 Å². The van der Waals surface area contributed by atoms with Gasteiger partial charge in [0.05, 0.1) is 25.4 Å². The van der Waals surface area contributed by atoms with Gasteiger partial charge in [-0.25, -0.2) is 13.8 Å². The molecule has 6 radical (unpaired) electrons. The summed E-state index contributed by atoms with van der Waals surface area (Å²) >= 11 is 0. The van der Waals surface area contributed by atoms with Crippen molar-refractivity contribution in [1.82, 2.24) is 4.98 Å². The molecule has 1 aromatic heterocycles. The van der Waals surface area contributed by atoms with Crippen LogP contribution in [0.4, 0.5) is 14.6 Å². The Kier molecular flexibility index (Phi) is 5.04. The molecule has 1 aromatic carbocycles. The van der Waals surface area contributed by atoms with Gasteiger partial charge in [-0.15, -0.1) is 0 Å². The van der Waals surface area contributed by atoms with E-state index in [1.807, 2.05) is 0 Å². The van der Waals surface area contributed by atoms with Crippen molar-refractivity contribution in [2.24, 2.45) is 5.16 Å². The Morgan fingerprint density at radius 1 is 1.27 bits per heavy atom. The first kappa shape index (κ1) is 18.4. The number of anilines is 1. The van der Waals surface area contributed by atoms with Crippen molar-refractivity contribution in [2.75, 3.05) is 18.0 Å². The summed E-state index contributed by atoms with van der Waals surface area (Å²) in [6, 6.07) is 5.73.